The third-order valence-corrected chi connectivity index (χ3v) is 0.743. The highest BCUT2D eigenvalue weighted by molar-refractivity contribution is 5.48. The number of rotatable bonds is 3. The standard InChI is InChI=1S/C6H9N4/c1-3-4-5-10(2)6-8-9-7/h3-6H,1H2,2H3/q+1/b5-4-,10-6-. The summed E-state index contributed by atoms with van der Waals surface area (Å²) in [6, 6.07) is 0. The van der Waals surface area contributed by atoms with Gasteiger partial charge in [-0.3, -0.25) is 4.58 Å². The summed E-state index contributed by atoms with van der Waals surface area (Å²) >= 11 is 0. The lowest BCUT2D eigenvalue weighted by molar-refractivity contribution is -0.417. The molecular formula is C6H9N4+. The van der Waals surface area contributed by atoms with Crippen LogP contribution in [-0.4, -0.2) is 18.0 Å². The second-order valence-electron chi connectivity index (χ2n) is 1.56. The fourth-order valence-corrected chi connectivity index (χ4v) is 0.340. The lowest BCUT2D eigenvalue weighted by atomic mass is 10.6. The van der Waals surface area contributed by atoms with Crippen molar-refractivity contribution in [2.75, 3.05) is 7.05 Å². The fourth-order valence-electron chi connectivity index (χ4n) is 0.340. The molecule has 0 spiro atoms. The minimum absolute atomic E-state index is 1.36. The van der Waals surface area contributed by atoms with E-state index in [1.807, 2.05) is 0 Å². The topological polar surface area (TPSA) is 51.8 Å². The zero-order chi connectivity index (χ0) is 7.82. The van der Waals surface area contributed by atoms with Crippen molar-refractivity contribution in [1.82, 2.24) is 0 Å². The molecule has 0 saturated heterocycles. The Balaban J connectivity index is 4.05. The summed E-state index contributed by atoms with van der Waals surface area (Å²) in [5.74, 6) is 0. The van der Waals surface area contributed by atoms with Crippen molar-refractivity contribution in [3.05, 3.63) is 35.4 Å². The Bertz CT molecular complexity index is 208. The Hall–Kier alpha value is -1.54. The molecule has 0 unspecified atom stereocenters. The van der Waals surface area contributed by atoms with Gasteiger partial charge < -0.3 is 0 Å². The molecule has 0 radical (unpaired) electrons. The summed E-state index contributed by atoms with van der Waals surface area (Å²) in [5.41, 5.74) is 7.90. The van der Waals surface area contributed by atoms with E-state index >= 15 is 0 Å². The Morgan fingerprint density at radius 3 is 2.90 bits per heavy atom. The largest absolute Gasteiger partial charge is 0.274 e. The average Bonchev–Trinajstić information content (AvgIpc) is 1.97. The van der Waals surface area contributed by atoms with E-state index in [-0.39, 0.29) is 0 Å². The zero-order valence-corrected chi connectivity index (χ0v) is 5.81. The van der Waals surface area contributed by atoms with Crippen LogP contribution in [0.3, 0.4) is 0 Å². The van der Waals surface area contributed by atoms with Gasteiger partial charge in [0.1, 0.15) is 0 Å². The fraction of sp³-hybridized carbons (Fsp3) is 0.167. The van der Waals surface area contributed by atoms with Crippen LogP contribution in [0.2, 0.25) is 0 Å². The summed E-state index contributed by atoms with van der Waals surface area (Å²) in [7, 11) is 1.76. The van der Waals surface area contributed by atoms with Gasteiger partial charge in [0, 0.05) is 4.91 Å². The molecular weight excluding hydrogens is 128 g/mol. The summed E-state index contributed by atoms with van der Waals surface area (Å²) in [4.78, 5) is 2.55. The van der Waals surface area contributed by atoms with Gasteiger partial charge in [0.2, 0.25) is 0 Å². The maximum atomic E-state index is 7.90. The Morgan fingerprint density at radius 1 is 1.70 bits per heavy atom. The molecule has 10 heavy (non-hydrogen) atoms. The quantitative estimate of drug-likeness (QED) is 0.108. The maximum Gasteiger partial charge on any atom is 0.150 e. The van der Waals surface area contributed by atoms with E-state index in [9.17, 15) is 0 Å². The highest BCUT2D eigenvalue weighted by Gasteiger charge is 1.74. The predicted octanol–water partition coefficient (Wildman–Crippen LogP) is 1.67. The minimum Gasteiger partial charge on any atom is -0.274 e. The van der Waals surface area contributed by atoms with Crippen molar-refractivity contribution in [2.45, 2.75) is 0 Å². The van der Waals surface area contributed by atoms with E-state index in [2.05, 4.69) is 16.6 Å². The molecule has 0 aromatic heterocycles. The molecule has 0 saturated carbocycles. The van der Waals surface area contributed by atoms with Gasteiger partial charge in [-0.25, -0.2) is 0 Å². The van der Waals surface area contributed by atoms with Crippen LogP contribution in [-0.2, 0) is 0 Å². The predicted molar refractivity (Wildman–Crippen MR) is 40.7 cm³/mol. The van der Waals surface area contributed by atoms with Gasteiger partial charge in [-0.1, -0.05) is 12.7 Å². The van der Waals surface area contributed by atoms with Crippen LogP contribution in [0, 0.1) is 0 Å². The first-order valence-corrected chi connectivity index (χ1v) is 2.70. The number of azide groups is 1. The van der Waals surface area contributed by atoms with Gasteiger partial charge in [0.15, 0.2) is 6.34 Å². The number of nitrogens with zero attached hydrogens (tertiary/aromatic N) is 4. The summed E-state index contributed by atoms with van der Waals surface area (Å²) < 4.78 is 1.63. The highest BCUT2D eigenvalue weighted by atomic mass is 15.2. The molecule has 0 aliphatic rings. The monoisotopic (exact) mass is 137 g/mol. The van der Waals surface area contributed by atoms with Crippen molar-refractivity contribution >= 4 is 6.34 Å². The van der Waals surface area contributed by atoms with Crippen molar-refractivity contribution in [1.29, 1.82) is 0 Å². The Labute approximate surface area is 59.4 Å². The Morgan fingerprint density at radius 2 is 2.40 bits per heavy atom. The SMILES string of the molecule is C=C/C=C\[N+](C)=C/N=[N+]=[N-]. The van der Waals surface area contributed by atoms with E-state index < -0.39 is 0 Å². The van der Waals surface area contributed by atoms with Crippen LogP contribution >= 0.6 is 0 Å². The molecule has 0 heterocycles. The van der Waals surface area contributed by atoms with E-state index in [4.69, 9.17) is 5.53 Å². The number of allylic oxidation sites excluding steroid dienone is 2. The van der Waals surface area contributed by atoms with Gasteiger partial charge in [-0.15, -0.1) is 0 Å². The Kier molecular flexibility index (Phi) is 4.73. The molecule has 0 bridgehead atoms. The summed E-state index contributed by atoms with van der Waals surface area (Å²) in [5, 5.41) is 3.22. The smallest absolute Gasteiger partial charge is 0.150 e. The van der Waals surface area contributed by atoms with Gasteiger partial charge >= 0.3 is 0 Å². The van der Waals surface area contributed by atoms with Crippen LogP contribution < -0.4 is 0 Å². The zero-order valence-electron chi connectivity index (χ0n) is 5.81. The van der Waals surface area contributed by atoms with Crippen LogP contribution in [0.25, 0.3) is 10.4 Å². The highest BCUT2D eigenvalue weighted by Crippen LogP contribution is 1.73. The minimum atomic E-state index is 1.36. The first kappa shape index (κ1) is 8.46. The van der Waals surface area contributed by atoms with E-state index in [0.717, 1.165) is 0 Å². The average molecular weight is 137 g/mol. The van der Waals surface area contributed by atoms with Crippen LogP contribution in [0.4, 0.5) is 0 Å². The van der Waals surface area contributed by atoms with Gasteiger partial charge in [0.05, 0.1) is 13.2 Å². The molecule has 0 aliphatic heterocycles. The normalized spacial score (nSPS) is 11.1. The molecule has 52 valence electrons. The number of hydrogen-bond acceptors (Lipinski definition) is 0. The van der Waals surface area contributed by atoms with Crippen LogP contribution in [0.1, 0.15) is 0 Å². The molecule has 4 nitrogen and oxygen atoms in total. The van der Waals surface area contributed by atoms with Gasteiger partial charge in [-0.05, 0) is 16.7 Å². The lowest BCUT2D eigenvalue weighted by Crippen LogP contribution is -1.93. The summed E-state index contributed by atoms with van der Waals surface area (Å²) in [6.07, 6.45) is 6.46. The van der Waals surface area contributed by atoms with E-state index in [1.165, 1.54) is 6.34 Å². The first-order valence-electron chi connectivity index (χ1n) is 2.70. The van der Waals surface area contributed by atoms with Crippen LogP contribution in [0.15, 0.2) is 30.0 Å². The second kappa shape index (κ2) is 5.59. The third kappa shape index (κ3) is 4.61. The van der Waals surface area contributed by atoms with Gasteiger partial charge in [-0.2, -0.15) is 0 Å². The molecule has 4 heteroatoms. The van der Waals surface area contributed by atoms with Gasteiger partial charge in [0.25, 0.3) is 0 Å². The molecule has 0 rings (SSSR count). The molecule has 0 N–H and O–H groups in total. The van der Waals surface area contributed by atoms with E-state index in [1.54, 1.807) is 30.0 Å². The molecule has 0 aromatic rings. The van der Waals surface area contributed by atoms with E-state index in [0.29, 0.717) is 0 Å². The third-order valence-electron chi connectivity index (χ3n) is 0.743. The van der Waals surface area contributed by atoms with Crippen molar-refractivity contribution in [3.8, 4) is 0 Å². The number of hydrogen-bond donors (Lipinski definition) is 0. The van der Waals surface area contributed by atoms with Crippen molar-refractivity contribution in [2.24, 2.45) is 5.11 Å². The first-order chi connectivity index (χ1) is 4.81. The summed E-state index contributed by atoms with van der Waals surface area (Å²) in [6.45, 7) is 3.48. The maximum absolute atomic E-state index is 7.90. The molecule has 0 amide bonds. The second-order valence-corrected chi connectivity index (χ2v) is 1.56. The van der Waals surface area contributed by atoms with Crippen molar-refractivity contribution < 1.29 is 4.58 Å². The lowest BCUT2D eigenvalue weighted by Gasteiger charge is -1.84. The van der Waals surface area contributed by atoms with Crippen molar-refractivity contribution in [3.63, 3.8) is 0 Å². The molecule has 0 fully saturated rings. The molecule has 0 atom stereocenters. The molecule has 0 aliphatic carbocycles. The molecule has 0 aromatic carbocycles. The van der Waals surface area contributed by atoms with Crippen LogP contribution in [0.5, 0.6) is 0 Å².